The molecule has 0 saturated heterocycles. The number of ether oxygens (including phenoxy) is 3. The maximum Gasteiger partial charge on any atom is 0.338 e. The lowest BCUT2D eigenvalue weighted by Crippen LogP contribution is -2.43. The van der Waals surface area contributed by atoms with Crippen LogP contribution in [0.4, 0.5) is 0 Å². The average molecular weight is 379 g/mol. The number of carbonyl (C=O) groups is 2. The Hall–Kier alpha value is -3.77. The molecule has 142 valence electrons. The minimum Gasteiger partial charge on any atom is -0.494 e. The van der Waals surface area contributed by atoms with Crippen molar-refractivity contribution < 1.29 is 23.8 Å². The van der Waals surface area contributed by atoms with Crippen LogP contribution in [0.25, 0.3) is 10.4 Å². The molecule has 0 N–H and O–H groups in total. The number of hydrogen-bond acceptors (Lipinski definition) is 6. The van der Waals surface area contributed by atoms with E-state index in [1.165, 1.54) is 12.3 Å². The van der Waals surface area contributed by atoms with Gasteiger partial charge in [-0.2, -0.15) is 0 Å². The number of nitrogens with zero attached hydrogens (tertiary/aromatic N) is 3. The van der Waals surface area contributed by atoms with Crippen molar-refractivity contribution in [2.45, 2.75) is 18.2 Å². The Labute approximate surface area is 161 Å². The van der Waals surface area contributed by atoms with E-state index in [0.717, 1.165) is 0 Å². The van der Waals surface area contributed by atoms with Gasteiger partial charge in [-0.05, 0) is 35.9 Å². The smallest absolute Gasteiger partial charge is 0.338 e. The van der Waals surface area contributed by atoms with Crippen molar-refractivity contribution in [2.75, 3.05) is 6.61 Å². The summed E-state index contributed by atoms with van der Waals surface area (Å²) < 4.78 is 16.1. The van der Waals surface area contributed by atoms with Gasteiger partial charge in [0.1, 0.15) is 24.9 Å². The molecule has 3 rings (SSSR count). The zero-order chi connectivity index (χ0) is 19.8. The van der Waals surface area contributed by atoms with E-state index in [1.807, 2.05) is 0 Å². The van der Waals surface area contributed by atoms with Crippen molar-refractivity contribution in [1.82, 2.24) is 0 Å². The second-order valence-corrected chi connectivity index (χ2v) is 5.90. The Morgan fingerprint density at radius 1 is 1.00 bits per heavy atom. The van der Waals surface area contributed by atoms with Crippen LogP contribution >= 0.6 is 0 Å². The number of carbonyl (C=O) groups excluding carboxylic acids is 2. The van der Waals surface area contributed by atoms with E-state index in [2.05, 4.69) is 10.0 Å². The first-order chi connectivity index (χ1) is 13.7. The van der Waals surface area contributed by atoms with Crippen molar-refractivity contribution >= 4 is 11.9 Å². The summed E-state index contributed by atoms with van der Waals surface area (Å²) in [4.78, 5) is 27.2. The van der Waals surface area contributed by atoms with Crippen LogP contribution in [0.2, 0.25) is 0 Å². The Morgan fingerprint density at radius 2 is 1.61 bits per heavy atom. The Kier molecular flexibility index (Phi) is 6.28. The Balaban J connectivity index is 1.67. The summed E-state index contributed by atoms with van der Waals surface area (Å²) in [7, 11) is 0. The van der Waals surface area contributed by atoms with Crippen molar-refractivity contribution in [3.63, 3.8) is 0 Å². The zero-order valence-electron chi connectivity index (χ0n) is 14.8. The summed E-state index contributed by atoms with van der Waals surface area (Å²) in [6.07, 6.45) is 1.18. The van der Waals surface area contributed by atoms with Crippen LogP contribution in [0, 0.1) is 0 Å². The monoisotopic (exact) mass is 379 g/mol. The summed E-state index contributed by atoms with van der Waals surface area (Å²) in [5, 5.41) is 3.68. The van der Waals surface area contributed by atoms with Gasteiger partial charge in [-0.1, -0.05) is 41.5 Å². The SMILES string of the molecule is [N-]=[N+]=N[C@H]1C(COC(=O)c2ccccc2)OC=C[C@H]1OC(=O)c1ccccc1. The highest BCUT2D eigenvalue weighted by atomic mass is 16.6. The topological polar surface area (TPSA) is 111 Å². The molecule has 3 atom stereocenters. The van der Waals surface area contributed by atoms with Gasteiger partial charge in [-0.25, -0.2) is 9.59 Å². The third-order valence-electron chi connectivity index (χ3n) is 4.06. The van der Waals surface area contributed by atoms with Crippen LogP contribution in [0.3, 0.4) is 0 Å². The molecule has 2 aromatic rings. The summed E-state index contributed by atoms with van der Waals surface area (Å²) in [5.74, 6) is -1.09. The van der Waals surface area contributed by atoms with E-state index >= 15 is 0 Å². The van der Waals surface area contributed by atoms with Gasteiger partial charge in [-0.3, -0.25) is 0 Å². The highest BCUT2D eigenvalue weighted by molar-refractivity contribution is 5.90. The van der Waals surface area contributed by atoms with Crippen LogP contribution in [0.15, 0.2) is 78.1 Å². The molecule has 8 heteroatoms. The van der Waals surface area contributed by atoms with Gasteiger partial charge in [0.05, 0.1) is 17.4 Å². The third-order valence-corrected chi connectivity index (χ3v) is 4.06. The average Bonchev–Trinajstić information content (AvgIpc) is 2.75. The fourth-order valence-electron chi connectivity index (χ4n) is 2.66. The van der Waals surface area contributed by atoms with Crippen molar-refractivity contribution in [2.24, 2.45) is 5.11 Å². The fraction of sp³-hybridized carbons (Fsp3) is 0.200. The van der Waals surface area contributed by atoms with Gasteiger partial charge < -0.3 is 14.2 Å². The molecular formula is C20H17N3O5. The highest BCUT2D eigenvalue weighted by Gasteiger charge is 2.35. The molecule has 1 aliphatic rings. The molecular weight excluding hydrogens is 362 g/mol. The van der Waals surface area contributed by atoms with Crippen LogP contribution in [-0.4, -0.2) is 36.8 Å². The summed E-state index contributed by atoms with van der Waals surface area (Å²) in [6, 6.07) is 16.0. The largest absolute Gasteiger partial charge is 0.494 e. The van der Waals surface area contributed by atoms with Gasteiger partial charge in [0.15, 0.2) is 0 Å². The lowest BCUT2D eigenvalue weighted by molar-refractivity contribution is -0.0224. The lowest BCUT2D eigenvalue weighted by Gasteiger charge is -2.31. The van der Waals surface area contributed by atoms with Crippen LogP contribution in [0.1, 0.15) is 20.7 Å². The second kappa shape index (κ2) is 9.25. The van der Waals surface area contributed by atoms with Crippen molar-refractivity contribution in [3.05, 3.63) is 94.6 Å². The minimum atomic E-state index is -0.883. The van der Waals surface area contributed by atoms with Crippen LogP contribution in [0.5, 0.6) is 0 Å². The molecule has 1 heterocycles. The number of esters is 2. The number of hydrogen-bond donors (Lipinski definition) is 0. The molecule has 1 unspecified atom stereocenters. The first-order valence-corrected chi connectivity index (χ1v) is 8.53. The van der Waals surface area contributed by atoms with Crippen LogP contribution in [-0.2, 0) is 14.2 Å². The quantitative estimate of drug-likeness (QED) is 0.329. The first-order valence-electron chi connectivity index (χ1n) is 8.53. The zero-order valence-corrected chi connectivity index (χ0v) is 14.8. The van der Waals surface area contributed by atoms with E-state index in [0.29, 0.717) is 11.1 Å². The molecule has 0 saturated carbocycles. The summed E-state index contributed by atoms with van der Waals surface area (Å²) >= 11 is 0. The molecule has 0 radical (unpaired) electrons. The van der Waals surface area contributed by atoms with E-state index in [4.69, 9.17) is 19.7 Å². The number of azide groups is 1. The molecule has 1 aliphatic heterocycles. The molecule has 28 heavy (non-hydrogen) atoms. The molecule has 0 amide bonds. The first kappa shape index (κ1) is 19.0. The summed E-state index contributed by atoms with van der Waals surface area (Å²) in [6.45, 7) is -0.166. The summed E-state index contributed by atoms with van der Waals surface area (Å²) in [5.41, 5.74) is 9.65. The van der Waals surface area contributed by atoms with Gasteiger partial charge >= 0.3 is 11.9 Å². The molecule has 0 fully saturated rings. The lowest BCUT2D eigenvalue weighted by atomic mass is 10.0. The van der Waals surface area contributed by atoms with E-state index in [-0.39, 0.29) is 6.61 Å². The van der Waals surface area contributed by atoms with Gasteiger partial charge in [0.2, 0.25) is 0 Å². The normalized spacial score (nSPS) is 20.4. The van der Waals surface area contributed by atoms with Gasteiger partial charge in [0, 0.05) is 4.91 Å². The molecule has 0 spiro atoms. The standard InChI is InChI=1S/C20H17N3O5/c21-23-22-18-16(28-20(25)15-9-5-2-6-10-15)11-12-26-17(18)13-27-19(24)14-7-3-1-4-8-14/h1-12,16-18H,13H2/t16-,17?,18-/m1/s1. The molecule has 0 bridgehead atoms. The minimum absolute atomic E-state index is 0.166. The van der Waals surface area contributed by atoms with E-state index < -0.39 is 30.2 Å². The predicted octanol–water partition coefficient (Wildman–Crippen LogP) is 3.66. The van der Waals surface area contributed by atoms with Gasteiger partial charge in [0.25, 0.3) is 0 Å². The molecule has 8 nitrogen and oxygen atoms in total. The maximum absolute atomic E-state index is 12.3. The van der Waals surface area contributed by atoms with Gasteiger partial charge in [-0.15, -0.1) is 0 Å². The van der Waals surface area contributed by atoms with Crippen LogP contribution < -0.4 is 0 Å². The Bertz CT molecular complexity index is 895. The van der Waals surface area contributed by atoms with Crippen molar-refractivity contribution in [3.8, 4) is 0 Å². The molecule has 0 aliphatic carbocycles. The molecule has 2 aromatic carbocycles. The molecule has 0 aromatic heterocycles. The number of benzene rings is 2. The number of rotatable bonds is 6. The second-order valence-electron chi connectivity index (χ2n) is 5.90. The van der Waals surface area contributed by atoms with E-state index in [1.54, 1.807) is 60.7 Å². The fourth-order valence-corrected chi connectivity index (χ4v) is 2.66. The van der Waals surface area contributed by atoms with E-state index in [9.17, 15) is 9.59 Å². The Morgan fingerprint density at radius 3 is 2.21 bits per heavy atom. The highest BCUT2D eigenvalue weighted by Crippen LogP contribution is 2.21. The third kappa shape index (κ3) is 4.69. The maximum atomic E-state index is 12.3. The predicted molar refractivity (Wildman–Crippen MR) is 99.3 cm³/mol. The van der Waals surface area contributed by atoms with Crippen molar-refractivity contribution in [1.29, 1.82) is 0 Å².